The van der Waals surface area contributed by atoms with Crippen LogP contribution in [0.1, 0.15) is 30.7 Å². The number of aromatic nitrogens is 2. The Morgan fingerprint density at radius 2 is 1.95 bits per heavy atom. The highest BCUT2D eigenvalue weighted by atomic mass is 16.2. The Kier molecular flexibility index (Phi) is 4.76. The number of rotatable bonds is 4. The fraction of sp³-hybridized carbons (Fsp3) is 0.643. The van der Waals surface area contributed by atoms with Gasteiger partial charge in [0.05, 0.1) is 12.2 Å². The molecule has 1 aromatic rings. The molecule has 0 bridgehead atoms. The molecule has 2 amide bonds. The number of carbonyl (C=O) groups excluding carboxylic acids is 2. The molecule has 0 radical (unpaired) electrons. The molecule has 1 aliphatic rings. The lowest BCUT2D eigenvalue weighted by Crippen LogP contribution is -2.43. The number of hydrogen-bond acceptors (Lipinski definition) is 3. The largest absolute Gasteiger partial charge is 0.345 e. The molecule has 0 unspecified atom stereocenters. The highest BCUT2D eigenvalue weighted by molar-refractivity contribution is 5.84. The molecule has 1 fully saturated rings. The summed E-state index contributed by atoms with van der Waals surface area (Å²) in [5.74, 6) is -0.173. The maximum atomic E-state index is 11.9. The molecule has 0 atom stereocenters. The highest BCUT2D eigenvalue weighted by Crippen LogP contribution is 2.08. The third-order valence-corrected chi connectivity index (χ3v) is 3.54. The normalized spacial score (nSPS) is 15.2. The molecule has 1 N–H and O–H groups in total. The lowest BCUT2D eigenvalue weighted by Gasteiger charge is -2.26. The first-order chi connectivity index (χ1) is 9.56. The van der Waals surface area contributed by atoms with E-state index in [0.29, 0.717) is 0 Å². The number of nitrogens with one attached hydrogen (secondary N) is 1. The first-order valence-electron chi connectivity index (χ1n) is 7.12. The summed E-state index contributed by atoms with van der Waals surface area (Å²) in [6.45, 7) is 5.66. The van der Waals surface area contributed by atoms with E-state index in [2.05, 4.69) is 10.4 Å². The summed E-state index contributed by atoms with van der Waals surface area (Å²) in [6.07, 6.45) is 3.31. The van der Waals surface area contributed by atoms with Gasteiger partial charge in [0.25, 0.3) is 0 Å². The van der Waals surface area contributed by atoms with Crippen LogP contribution in [0.4, 0.5) is 0 Å². The van der Waals surface area contributed by atoms with Crippen molar-refractivity contribution in [3.63, 3.8) is 0 Å². The fourth-order valence-electron chi connectivity index (χ4n) is 2.46. The first kappa shape index (κ1) is 14.6. The Bertz CT molecular complexity index is 489. The van der Waals surface area contributed by atoms with Crippen LogP contribution in [0.15, 0.2) is 6.07 Å². The maximum Gasteiger partial charge on any atom is 0.242 e. The molecule has 6 nitrogen and oxygen atoms in total. The third-order valence-electron chi connectivity index (χ3n) is 3.54. The Hall–Kier alpha value is -1.85. The number of hydrogen-bond donors (Lipinski definition) is 1. The quantitative estimate of drug-likeness (QED) is 0.878. The summed E-state index contributed by atoms with van der Waals surface area (Å²) >= 11 is 0. The predicted molar refractivity (Wildman–Crippen MR) is 75.1 cm³/mol. The smallest absolute Gasteiger partial charge is 0.242 e. The van der Waals surface area contributed by atoms with Gasteiger partial charge < -0.3 is 10.2 Å². The van der Waals surface area contributed by atoms with E-state index in [4.69, 9.17) is 0 Å². The summed E-state index contributed by atoms with van der Waals surface area (Å²) < 4.78 is 1.65. The van der Waals surface area contributed by atoms with Crippen LogP contribution in [0.5, 0.6) is 0 Å². The van der Waals surface area contributed by atoms with E-state index in [0.717, 1.165) is 37.3 Å². The van der Waals surface area contributed by atoms with Crippen molar-refractivity contribution in [1.82, 2.24) is 20.0 Å². The van der Waals surface area contributed by atoms with E-state index < -0.39 is 0 Å². The molecule has 6 heteroatoms. The maximum absolute atomic E-state index is 11.9. The molecule has 0 aromatic carbocycles. The van der Waals surface area contributed by atoms with Gasteiger partial charge in [-0.15, -0.1) is 0 Å². The van der Waals surface area contributed by atoms with Crippen molar-refractivity contribution in [1.29, 1.82) is 0 Å². The second kappa shape index (κ2) is 6.54. The summed E-state index contributed by atoms with van der Waals surface area (Å²) in [7, 11) is 0. The molecule has 1 aromatic heterocycles. The van der Waals surface area contributed by atoms with Crippen molar-refractivity contribution in [2.24, 2.45) is 0 Å². The van der Waals surface area contributed by atoms with Crippen molar-refractivity contribution in [3.05, 3.63) is 17.5 Å². The van der Waals surface area contributed by atoms with E-state index >= 15 is 0 Å². The van der Waals surface area contributed by atoms with Crippen LogP contribution in [0.25, 0.3) is 0 Å². The van der Waals surface area contributed by atoms with Gasteiger partial charge in [0, 0.05) is 18.8 Å². The number of likely N-dealkylation sites (tertiary alicyclic amines) is 1. The lowest BCUT2D eigenvalue weighted by atomic mass is 10.1. The summed E-state index contributed by atoms with van der Waals surface area (Å²) in [5.41, 5.74) is 1.83. The zero-order valence-electron chi connectivity index (χ0n) is 12.2. The van der Waals surface area contributed by atoms with Crippen molar-refractivity contribution >= 4 is 11.8 Å². The average molecular weight is 278 g/mol. The zero-order chi connectivity index (χ0) is 14.5. The molecular formula is C14H22N4O2. The zero-order valence-corrected chi connectivity index (χ0v) is 12.2. The number of carbonyl (C=O) groups is 2. The Morgan fingerprint density at radius 1 is 1.25 bits per heavy atom. The van der Waals surface area contributed by atoms with Crippen molar-refractivity contribution < 1.29 is 9.59 Å². The van der Waals surface area contributed by atoms with E-state index in [1.54, 1.807) is 4.68 Å². The number of aryl methyl sites for hydroxylation is 2. The van der Waals surface area contributed by atoms with Gasteiger partial charge in [0.1, 0.15) is 6.54 Å². The second-order valence-electron chi connectivity index (χ2n) is 5.30. The minimum absolute atomic E-state index is 0.00594. The molecule has 2 heterocycles. The van der Waals surface area contributed by atoms with E-state index in [9.17, 15) is 9.59 Å². The Labute approximate surface area is 119 Å². The van der Waals surface area contributed by atoms with Gasteiger partial charge in [-0.1, -0.05) is 0 Å². The lowest BCUT2D eigenvalue weighted by molar-refractivity contribution is -0.133. The van der Waals surface area contributed by atoms with Crippen LogP contribution in [-0.4, -0.2) is 46.1 Å². The third kappa shape index (κ3) is 3.82. The van der Waals surface area contributed by atoms with Gasteiger partial charge in [0.15, 0.2) is 0 Å². The average Bonchev–Trinajstić information content (AvgIpc) is 2.75. The molecule has 0 aliphatic carbocycles. The minimum atomic E-state index is -0.179. The molecule has 1 saturated heterocycles. The Balaban J connectivity index is 1.77. The van der Waals surface area contributed by atoms with Gasteiger partial charge in [0.2, 0.25) is 11.8 Å². The van der Waals surface area contributed by atoms with E-state index in [-0.39, 0.29) is 24.9 Å². The predicted octanol–water partition coefficient (Wildman–Crippen LogP) is 0.629. The van der Waals surface area contributed by atoms with Crippen molar-refractivity contribution in [2.45, 2.75) is 39.7 Å². The molecule has 0 spiro atoms. The van der Waals surface area contributed by atoms with Crippen LogP contribution in [-0.2, 0) is 16.1 Å². The van der Waals surface area contributed by atoms with Gasteiger partial charge >= 0.3 is 0 Å². The van der Waals surface area contributed by atoms with Crippen molar-refractivity contribution in [3.8, 4) is 0 Å². The first-order valence-corrected chi connectivity index (χ1v) is 7.12. The monoisotopic (exact) mass is 278 g/mol. The SMILES string of the molecule is Cc1cc(C)n(CC(=O)NCC(=O)N2CCCCC2)n1. The number of nitrogens with zero attached hydrogens (tertiary/aromatic N) is 3. The van der Waals surface area contributed by atoms with Crippen LogP contribution in [0, 0.1) is 13.8 Å². The molecule has 1 aliphatic heterocycles. The highest BCUT2D eigenvalue weighted by Gasteiger charge is 2.17. The van der Waals surface area contributed by atoms with Crippen molar-refractivity contribution in [2.75, 3.05) is 19.6 Å². The number of piperidine rings is 1. The molecular weight excluding hydrogens is 256 g/mol. The van der Waals surface area contributed by atoms with Gasteiger partial charge in [-0.25, -0.2) is 0 Å². The molecule has 2 rings (SSSR count). The summed E-state index contributed by atoms with van der Waals surface area (Å²) in [5, 5.41) is 6.90. The van der Waals surface area contributed by atoms with Crippen LogP contribution < -0.4 is 5.32 Å². The van der Waals surface area contributed by atoms with Gasteiger partial charge in [-0.05, 0) is 39.2 Å². The Morgan fingerprint density at radius 3 is 2.55 bits per heavy atom. The number of amides is 2. The molecule has 0 saturated carbocycles. The topological polar surface area (TPSA) is 67.2 Å². The minimum Gasteiger partial charge on any atom is -0.345 e. The van der Waals surface area contributed by atoms with E-state index in [1.165, 1.54) is 6.42 Å². The molecule has 110 valence electrons. The van der Waals surface area contributed by atoms with Crippen LogP contribution in [0.2, 0.25) is 0 Å². The van der Waals surface area contributed by atoms with Crippen LogP contribution >= 0.6 is 0 Å². The summed E-state index contributed by atoms with van der Waals surface area (Å²) in [4.78, 5) is 25.6. The summed E-state index contributed by atoms with van der Waals surface area (Å²) in [6, 6.07) is 1.92. The van der Waals surface area contributed by atoms with Gasteiger partial charge in [-0.2, -0.15) is 5.10 Å². The van der Waals surface area contributed by atoms with E-state index in [1.807, 2.05) is 24.8 Å². The van der Waals surface area contributed by atoms with Crippen LogP contribution in [0.3, 0.4) is 0 Å². The van der Waals surface area contributed by atoms with Gasteiger partial charge in [-0.3, -0.25) is 14.3 Å². The molecule has 20 heavy (non-hydrogen) atoms. The second-order valence-corrected chi connectivity index (χ2v) is 5.30. The fourth-order valence-corrected chi connectivity index (χ4v) is 2.46. The standard InChI is InChI=1S/C14H22N4O2/c1-11-8-12(2)18(16-11)10-13(19)15-9-14(20)17-6-4-3-5-7-17/h8H,3-7,9-10H2,1-2H3,(H,15,19).